The van der Waals surface area contributed by atoms with Crippen molar-refractivity contribution in [2.45, 2.75) is 51.0 Å². The molecule has 2 N–H and O–H groups in total. The van der Waals surface area contributed by atoms with Gasteiger partial charge in [0.25, 0.3) is 0 Å². The van der Waals surface area contributed by atoms with Crippen LogP contribution in [0.15, 0.2) is 78.9 Å². The summed E-state index contributed by atoms with van der Waals surface area (Å²) in [5.74, 6) is -0.720. The Kier molecular flexibility index (Phi) is 9.34. The highest BCUT2D eigenvalue weighted by Crippen LogP contribution is 2.44. The second-order valence-electron chi connectivity index (χ2n) is 11.2. The van der Waals surface area contributed by atoms with Crippen LogP contribution in [0.25, 0.3) is 11.1 Å². The van der Waals surface area contributed by atoms with Crippen molar-refractivity contribution in [2.75, 3.05) is 19.7 Å². The molecule has 7 heteroatoms. The molecule has 1 atom stereocenters. The number of fused-ring (bicyclic) bond motifs is 3. The van der Waals surface area contributed by atoms with Crippen molar-refractivity contribution in [3.05, 3.63) is 95.6 Å². The van der Waals surface area contributed by atoms with Crippen LogP contribution >= 0.6 is 0 Å². The summed E-state index contributed by atoms with van der Waals surface area (Å²) < 4.78 is 5.74. The number of aliphatic carboxylic acids is 1. The van der Waals surface area contributed by atoms with E-state index in [-0.39, 0.29) is 43.7 Å². The Morgan fingerprint density at radius 2 is 1.49 bits per heavy atom. The SMILES string of the molecule is O=C(O)CCN(Cc1ccccc1)C(=O)CC(CNC(=O)OCC1c2ccccc2-c2ccccc21)C1CCCC1. The van der Waals surface area contributed by atoms with Crippen LogP contribution in [0.2, 0.25) is 0 Å². The first-order chi connectivity index (χ1) is 20.0. The number of benzene rings is 3. The predicted octanol–water partition coefficient (Wildman–Crippen LogP) is 6.23. The molecular weight excluding hydrogens is 516 g/mol. The third-order valence-electron chi connectivity index (χ3n) is 8.52. The van der Waals surface area contributed by atoms with E-state index in [1.54, 1.807) is 4.90 Å². The van der Waals surface area contributed by atoms with E-state index in [2.05, 4.69) is 29.6 Å². The maximum Gasteiger partial charge on any atom is 0.407 e. The fourth-order valence-corrected chi connectivity index (χ4v) is 6.38. The number of hydrogen-bond donors (Lipinski definition) is 2. The summed E-state index contributed by atoms with van der Waals surface area (Å²) in [5.41, 5.74) is 5.65. The smallest absolute Gasteiger partial charge is 0.407 e. The number of nitrogens with one attached hydrogen (secondary N) is 1. The number of hydrogen-bond acceptors (Lipinski definition) is 4. The summed E-state index contributed by atoms with van der Waals surface area (Å²) in [6.45, 7) is 1.11. The number of carbonyl (C=O) groups excluding carboxylic acids is 2. The zero-order valence-electron chi connectivity index (χ0n) is 23.3. The standard InChI is InChI=1S/C34H38N2O5/c37-32(36(19-18-33(38)39)22-24-10-2-1-3-11-24)20-26(25-12-4-5-13-25)21-35-34(40)41-23-31-29-16-8-6-14-27(29)28-15-7-9-17-30(28)31/h1-3,6-11,14-17,25-26,31H,4-5,12-13,18-23H2,(H,35,40)(H,38,39). The van der Waals surface area contributed by atoms with Gasteiger partial charge in [-0.3, -0.25) is 9.59 Å². The van der Waals surface area contributed by atoms with E-state index in [4.69, 9.17) is 4.74 Å². The Labute approximate surface area is 241 Å². The van der Waals surface area contributed by atoms with Crippen LogP contribution in [0.3, 0.4) is 0 Å². The van der Waals surface area contributed by atoms with Crippen LogP contribution in [0.5, 0.6) is 0 Å². The number of carboxylic acids is 1. The van der Waals surface area contributed by atoms with Gasteiger partial charge in [0.15, 0.2) is 0 Å². The lowest BCUT2D eigenvalue weighted by atomic mass is 9.87. The van der Waals surface area contributed by atoms with Crippen molar-refractivity contribution in [2.24, 2.45) is 11.8 Å². The molecule has 0 radical (unpaired) electrons. The monoisotopic (exact) mass is 554 g/mol. The molecule has 2 aliphatic rings. The van der Waals surface area contributed by atoms with E-state index in [0.717, 1.165) is 42.4 Å². The largest absolute Gasteiger partial charge is 0.481 e. The average molecular weight is 555 g/mol. The third-order valence-corrected chi connectivity index (χ3v) is 8.52. The van der Waals surface area contributed by atoms with Crippen molar-refractivity contribution in [1.29, 1.82) is 0 Å². The van der Waals surface area contributed by atoms with Crippen LogP contribution in [0.1, 0.15) is 61.1 Å². The predicted molar refractivity (Wildman–Crippen MR) is 157 cm³/mol. The van der Waals surface area contributed by atoms with E-state index in [9.17, 15) is 19.5 Å². The van der Waals surface area contributed by atoms with E-state index >= 15 is 0 Å². The molecule has 0 spiro atoms. The van der Waals surface area contributed by atoms with Crippen molar-refractivity contribution >= 4 is 18.0 Å². The van der Waals surface area contributed by atoms with Gasteiger partial charge in [-0.25, -0.2) is 4.79 Å². The summed E-state index contributed by atoms with van der Waals surface area (Å²) >= 11 is 0. The van der Waals surface area contributed by atoms with Gasteiger partial charge in [0.05, 0.1) is 6.42 Å². The van der Waals surface area contributed by atoms with Crippen molar-refractivity contribution in [1.82, 2.24) is 10.2 Å². The highest BCUT2D eigenvalue weighted by Gasteiger charge is 2.31. The molecule has 7 nitrogen and oxygen atoms in total. The number of carbonyl (C=O) groups is 3. The molecule has 0 aliphatic heterocycles. The Bertz CT molecular complexity index is 1310. The molecule has 1 fully saturated rings. The van der Waals surface area contributed by atoms with Crippen LogP contribution in [-0.2, 0) is 20.9 Å². The molecule has 1 unspecified atom stereocenters. The summed E-state index contributed by atoms with van der Waals surface area (Å²) in [6.07, 6.45) is 3.97. The molecule has 0 saturated heterocycles. The molecule has 214 valence electrons. The summed E-state index contributed by atoms with van der Waals surface area (Å²) in [4.78, 5) is 39.3. The molecular formula is C34H38N2O5. The number of carboxylic acid groups (broad SMARTS) is 1. The number of rotatable bonds is 12. The van der Waals surface area contributed by atoms with Gasteiger partial charge in [-0.15, -0.1) is 0 Å². The fourth-order valence-electron chi connectivity index (χ4n) is 6.38. The van der Waals surface area contributed by atoms with E-state index in [1.165, 1.54) is 11.1 Å². The van der Waals surface area contributed by atoms with Gasteiger partial charge in [-0.05, 0) is 39.7 Å². The maximum absolute atomic E-state index is 13.5. The van der Waals surface area contributed by atoms with Gasteiger partial charge >= 0.3 is 12.1 Å². The van der Waals surface area contributed by atoms with Crippen LogP contribution in [-0.4, -0.2) is 47.7 Å². The van der Waals surface area contributed by atoms with Gasteiger partial charge in [0.2, 0.25) is 5.91 Å². The Morgan fingerprint density at radius 3 is 2.12 bits per heavy atom. The molecule has 0 heterocycles. The van der Waals surface area contributed by atoms with Gasteiger partial charge in [0, 0.05) is 32.0 Å². The molecule has 0 aromatic heterocycles. The molecule has 0 bridgehead atoms. The minimum absolute atomic E-state index is 0.0128. The molecule has 2 aliphatic carbocycles. The minimum Gasteiger partial charge on any atom is -0.481 e. The average Bonchev–Trinajstić information content (AvgIpc) is 3.64. The van der Waals surface area contributed by atoms with Crippen molar-refractivity contribution in [3.63, 3.8) is 0 Å². The zero-order valence-corrected chi connectivity index (χ0v) is 23.3. The molecule has 3 aromatic rings. The lowest BCUT2D eigenvalue weighted by molar-refractivity contribution is -0.139. The molecule has 41 heavy (non-hydrogen) atoms. The van der Waals surface area contributed by atoms with E-state index in [0.29, 0.717) is 19.0 Å². The van der Waals surface area contributed by atoms with Gasteiger partial charge < -0.3 is 20.1 Å². The Balaban J connectivity index is 1.20. The fraction of sp³-hybridized carbons (Fsp3) is 0.382. The van der Waals surface area contributed by atoms with Crippen LogP contribution in [0.4, 0.5) is 4.79 Å². The number of ether oxygens (including phenoxy) is 1. The minimum atomic E-state index is -0.930. The quantitative estimate of drug-likeness (QED) is 0.277. The van der Waals surface area contributed by atoms with Crippen LogP contribution < -0.4 is 5.32 Å². The van der Waals surface area contributed by atoms with E-state index in [1.807, 2.05) is 54.6 Å². The van der Waals surface area contributed by atoms with E-state index < -0.39 is 12.1 Å². The second kappa shape index (κ2) is 13.5. The molecule has 3 aromatic carbocycles. The third kappa shape index (κ3) is 7.15. The highest BCUT2D eigenvalue weighted by atomic mass is 16.5. The highest BCUT2D eigenvalue weighted by molar-refractivity contribution is 5.79. The van der Waals surface area contributed by atoms with Crippen LogP contribution in [0, 0.1) is 11.8 Å². The first kappa shape index (κ1) is 28.4. The summed E-state index contributed by atoms with van der Waals surface area (Å²) in [7, 11) is 0. The van der Waals surface area contributed by atoms with Gasteiger partial charge in [0.1, 0.15) is 6.61 Å². The number of nitrogens with zero attached hydrogens (tertiary/aromatic N) is 1. The van der Waals surface area contributed by atoms with Crippen molar-refractivity contribution < 1.29 is 24.2 Å². The topological polar surface area (TPSA) is 95.9 Å². The molecule has 5 rings (SSSR count). The lowest BCUT2D eigenvalue weighted by Crippen LogP contribution is -2.38. The normalized spacial score (nSPS) is 15.1. The second-order valence-corrected chi connectivity index (χ2v) is 11.2. The first-order valence-corrected chi connectivity index (χ1v) is 14.6. The maximum atomic E-state index is 13.5. The van der Waals surface area contributed by atoms with Gasteiger partial charge in [-0.2, -0.15) is 0 Å². The van der Waals surface area contributed by atoms with Crippen molar-refractivity contribution in [3.8, 4) is 11.1 Å². The summed E-state index contributed by atoms with van der Waals surface area (Å²) in [6, 6.07) is 26.1. The number of amides is 2. The first-order valence-electron chi connectivity index (χ1n) is 14.6. The molecule has 2 amide bonds. The molecule has 1 saturated carbocycles. The Hall–Kier alpha value is -4.13. The summed E-state index contributed by atoms with van der Waals surface area (Å²) in [5, 5.41) is 12.2. The zero-order chi connectivity index (χ0) is 28.6. The lowest BCUT2D eigenvalue weighted by Gasteiger charge is -2.28. The number of alkyl carbamates (subject to hydrolysis) is 1. The van der Waals surface area contributed by atoms with Gasteiger partial charge in [-0.1, -0.05) is 105 Å². The Morgan fingerprint density at radius 1 is 0.878 bits per heavy atom.